The summed E-state index contributed by atoms with van der Waals surface area (Å²) in [6.07, 6.45) is 7.37. The summed E-state index contributed by atoms with van der Waals surface area (Å²) in [5.74, 6) is 0.795. The molecule has 0 aliphatic carbocycles. The van der Waals surface area contributed by atoms with Crippen molar-refractivity contribution in [3.8, 4) is 11.5 Å². The molecule has 0 amide bonds. The molecule has 3 nitrogen and oxygen atoms in total. The van der Waals surface area contributed by atoms with Gasteiger partial charge in [0.05, 0.1) is 5.60 Å². The maximum absolute atomic E-state index is 10.7. The minimum absolute atomic E-state index is 0.0802. The molecule has 25 heavy (non-hydrogen) atoms. The van der Waals surface area contributed by atoms with Crippen LogP contribution in [0.15, 0.2) is 23.8 Å². The largest absolute Gasteiger partial charge is 0.508 e. The number of hydrogen-bond acceptors (Lipinski definition) is 3. The van der Waals surface area contributed by atoms with Crippen molar-refractivity contribution in [2.45, 2.75) is 66.9 Å². The molecule has 0 aliphatic rings. The number of phenolic OH excluding ortho intramolecular Hbond substituents is 2. The Bertz CT molecular complexity index is 652. The van der Waals surface area contributed by atoms with Gasteiger partial charge >= 0.3 is 0 Å². The molecule has 1 aromatic carbocycles. The van der Waals surface area contributed by atoms with E-state index in [1.54, 1.807) is 26.0 Å². The molecule has 140 valence electrons. The number of phenols is 2. The molecule has 0 heterocycles. The Kier molecular flexibility index (Phi) is 7.30. The molecule has 0 aliphatic heterocycles. The van der Waals surface area contributed by atoms with E-state index in [4.69, 9.17) is 0 Å². The summed E-state index contributed by atoms with van der Waals surface area (Å²) in [6, 6.07) is 1.56. The molecule has 0 radical (unpaired) electrons. The van der Waals surface area contributed by atoms with E-state index in [0.29, 0.717) is 29.0 Å². The lowest BCUT2D eigenvalue weighted by molar-refractivity contribution is 0.0172. The van der Waals surface area contributed by atoms with E-state index >= 15 is 0 Å². The molecule has 2 atom stereocenters. The van der Waals surface area contributed by atoms with Gasteiger partial charge in [-0.3, -0.25) is 0 Å². The zero-order valence-electron chi connectivity index (χ0n) is 16.7. The van der Waals surface area contributed by atoms with Gasteiger partial charge in [0.25, 0.3) is 0 Å². The molecule has 3 N–H and O–H groups in total. The Hall–Kier alpha value is -1.74. The van der Waals surface area contributed by atoms with Crippen LogP contribution in [0.2, 0.25) is 0 Å². The SMILES string of the molecule is CC(=CCCC(C)(O)C(C)/C=C/c1cc(O)c(C)c(C)c1O)C(C)C. The van der Waals surface area contributed by atoms with Gasteiger partial charge in [-0.2, -0.15) is 0 Å². The van der Waals surface area contributed by atoms with Crippen molar-refractivity contribution in [2.75, 3.05) is 0 Å². The highest BCUT2D eigenvalue weighted by molar-refractivity contribution is 5.64. The third-order valence-electron chi connectivity index (χ3n) is 5.44. The lowest BCUT2D eigenvalue weighted by Gasteiger charge is -2.28. The second-order valence-electron chi connectivity index (χ2n) is 7.73. The van der Waals surface area contributed by atoms with Gasteiger partial charge in [0.15, 0.2) is 0 Å². The summed E-state index contributed by atoms with van der Waals surface area (Å²) >= 11 is 0. The van der Waals surface area contributed by atoms with Crippen LogP contribution >= 0.6 is 0 Å². The van der Waals surface area contributed by atoms with Gasteiger partial charge in [0.1, 0.15) is 11.5 Å². The second kappa shape index (κ2) is 8.57. The van der Waals surface area contributed by atoms with Crippen LogP contribution in [-0.4, -0.2) is 20.9 Å². The first kappa shape index (κ1) is 21.3. The normalized spacial score (nSPS) is 16.4. The average molecular weight is 347 g/mol. The number of benzene rings is 1. The number of hydrogen-bond donors (Lipinski definition) is 3. The van der Waals surface area contributed by atoms with Gasteiger partial charge in [0, 0.05) is 11.5 Å². The average Bonchev–Trinajstić information content (AvgIpc) is 2.54. The van der Waals surface area contributed by atoms with Crippen LogP contribution in [0.25, 0.3) is 6.08 Å². The number of allylic oxidation sites excluding steroid dienone is 2. The van der Waals surface area contributed by atoms with Crippen molar-refractivity contribution in [1.82, 2.24) is 0 Å². The van der Waals surface area contributed by atoms with Gasteiger partial charge in [-0.15, -0.1) is 0 Å². The summed E-state index contributed by atoms with van der Waals surface area (Å²) in [5, 5.41) is 30.9. The highest BCUT2D eigenvalue weighted by Gasteiger charge is 2.25. The highest BCUT2D eigenvalue weighted by Crippen LogP contribution is 2.33. The maximum atomic E-state index is 10.7. The van der Waals surface area contributed by atoms with Crippen LogP contribution in [0.1, 0.15) is 64.2 Å². The molecule has 0 saturated carbocycles. The van der Waals surface area contributed by atoms with Gasteiger partial charge in [-0.25, -0.2) is 0 Å². The van der Waals surface area contributed by atoms with Crippen LogP contribution < -0.4 is 0 Å². The van der Waals surface area contributed by atoms with E-state index in [-0.39, 0.29) is 17.4 Å². The first-order valence-corrected chi connectivity index (χ1v) is 9.06. The third kappa shape index (κ3) is 5.64. The summed E-state index contributed by atoms with van der Waals surface area (Å²) in [5.41, 5.74) is 2.44. The predicted octanol–water partition coefficient (Wildman–Crippen LogP) is 5.50. The molecule has 0 aromatic heterocycles. The van der Waals surface area contributed by atoms with Gasteiger partial charge < -0.3 is 15.3 Å². The molecule has 0 bridgehead atoms. The molecule has 1 aromatic rings. The summed E-state index contributed by atoms with van der Waals surface area (Å²) in [7, 11) is 0. The Morgan fingerprint density at radius 3 is 2.32 bits per heavy atom. The first-order chi connectivity index (χ1) is 11.5. The molecular weight excluding hydrogens is 312 g/mol. The van der Waals surface area contributed by atoms with Crippen LogP contribution in [0.4, 0.5) is 0 Å². The Morgan fingerprint density at radius 1 is 1.16 bits per heavy atom. The van der Waals surface area contributed by atoms with E-state index < -0.39 is 5.60 Å². The Morgan fingerprint density at radius 2 is 1.76 bits per heavy atom. The molecule has 3 heteroatoms. The molecular formula is C22H34O3. The fourth-order valence-corrected chi connectivity index (χ4v) is 2.55. The van der Waals surface area contributed by atoms with Gasteiger partial charge in [-0.1, -0.05) is 44.6 Å². The zero-order valence-corrected chi connectivity index (χ0v) is 16.7. The highest BCUT2D eigenvalue weighted by atomic mass is 16.3. The van der Waals surface area contributed by atoms with E-state index in [1.165, 1.54) is 5.57 Å². The van der Waals surface area contributed by atoms with Crippen molar-refractivity contribution in [1.29, 1.82) is 0 Å². The fourth-order valence-electron chi connectivity index (χ4n) is 2.55. The maximum Gasteiger partial charge on any atom is 0.126 e. The van der Waals surface area contributed by atoms with Crippen LogP contribution in [0, 0.1) is 25.7 Å². The minimum atomic E-state index is -0.832. The fraction of sp³-hybridized carbons (Fsp3) is 0.545. The smallest absolute Gasteiger partial charge is 0.126 e. The molecule has 1 rings (SSSR count). The second-order valence-corrected chi connectivity index (χ2v) is 7.73. The Balaban J connectivity index is 2.85. The lowest BCUT2D eigenvalue weighted by atomic mass is 9.85. The molecule has 2 unspecified atom stereocenters. The summed E-state index contributed by atoms with van der Waals surface area (Å²) < 4.78 is 0. The third-order valence-corrected chi connectivity index (χ3v) is 5.44. The minimum Gasteiger partial charge on any atom is -0.508 e. The van der Waals surface area contributed by atoms with E-state index in [2.05, 4.69) is 26.8 Å². The van der Waals surface area contributed by atoms with Crippen LogP contribution in [0.3, 0.4) is 0 Å². The van der Waals surface area contributed by atoms with E-state index in [1.807, 2.05) is 19.9 Å². The van der Waals surface area contributed by atoms with Crippen molar-refractivity contribution < 1.29 is 15.3 Å². The van der Waals surface area contributed by atoms with Gasteiger partial charge in [0.2, 0.25) is 0 Å². The molecule has 0 saturated heterocycles. The molecule has 0 fully saturated rings. The first-order valence-electron chi connectivity index (χ1n) is 9.06. The number of aromatic hydroxyl groups is 2. The van der Waals surface area contributed by atoms with Crippen molar-refractivity contribution in [3.05, 3.63) is 40.5 Å². The topological polar surface area (TPSA) is 60.7 Å². The standard InChI is InChI=1S/C22H34O3/c1-14(2)15(3)9-8-12-22(7,25)16(4)10-11-19-13-20(23)17(5)18(6)21(19)24/h9-11,13-14,16,23-25H,8,12H2,1-7H3/b11-10+,15-9?. The van der Waals surface area contributed by atoms with Crippen LogP contribution in [0.5, 0.6) is 11.5 Å². The molecule has 0 spiro atoms. The quantitative estimate of drug-likeness (QED) is 0.451. The zero-order chi connectivity index (χ0) is 19.4. The monoisotopic (exact) mass is 346 g/mol. The summed E-state index contributed by atoms with van der Waals surface area (Å²) in [6.45, 7) is 13.8. The van der Waals surface area contributed by atoms with Crippen molar-refractivity contribution in [2.24, 2.45) is 11.8 Å². The van der Waals surface area contributed by atoms with Crippen molar-refractivity contribution >= 4 is 6.08 Å². The van der Waals surface area contributed by atoms with Gasteiger partial charge in [-0.05, 0) is 63.6 Å². The van der Waals surface area contributed by atoms with E-state index in [0.717, 1.165) is 6.42 Å². The lowest BCUT2D eigenvalue weighted by Crippen LogP contribution is -2.31. The number of rotatable bonds is 7. The number of aliphatic hydroxyl groups is 1. The Labute approximate surface area is 152 Å². The van der Waals surface area contributed by atoms with Crippen molar-refractivity contribution in [3.63, 3.8) is 0 Å². The predicted molar refractivity (Wildman–Crippen MR) is 106 cm³/mol. The summed E-state index contributed by atoms with van der Waals surface area (Å²) in [4.78, 5) is 0. The van der Waals surface area contributed by atoms with E-state index in [9.17, 15) is 15.3 Å². The van der Waals surface area contributed by atoms with Crippen LogP contribution in [-0.2, 0) is 0 Å².